The van der Waals surface area contributed by atoms with Crippen LogP contribution < -0.4 is 16.8 Å². The highest BCUT2D eigenvalue weighted by Gasteiger charge is 2.15. The van der Waals surface area contributed by atoms with Crippen LogP contribution in [-0.2, 0) is 6.54 Å². The summed E-state index contributed by atoms with van der Waals surface area (Å²) >= 11 is 0. The molecule has 6 heteroatoms. The van der Waals surface area contributed by atoms with Gasteiger partial charge in [-0.2, -0.15) is 0 Å². The van der Waals surface area contributed by atoms with Gasteiger partial charge >= 0.3 is 0 Å². The lowest BCUT2D eigenvalue weighted by Crippen LogP contribution is -2.17. The second kappa shape index (κ2) is 8.21. The number of nitrogens with zero attached hydrogens (tertiary/aromatic N) is 3. The lowest BCUT2D eigenvalue weighted by atomic mass is 10.1. The number of fused-ring (bicyclic) bond motifs is 1. The molecule has 4 aromatic rings. The van der Waals surface area contributed by atoms with Crippen LogP contribution in [0.5, 0.6) is 0 Å². The van der Waals surface area contributed by atoms with E-state index in [-0.39, 0.29) is 0 Å². The molecule has 4 rings (SSSR count). The predicted molar refractivity (Wildman–Crippen MR) is 114 cm³/mol. The molecule has 2 aromatic heterocycles. The molecule has 6 nitrogen and oxygen atoms in total. The quantitative estimate of drug-likeness (QED) is 0.433. The number of nitrogens with two attached hydrogens (primary N) is 2. The molecule has 0 aliphatic rings. The molecule has 5 N–H and O–H groups in total. The predicted octanol–water partition coefficient (Wildman–Crippen LogP) is 3.11. The van der Waals surface area contributed by atoms with Gasteiger partial charge in [-0.3, -0.25) is 0 Å². The summed E-state index contributed by atoms with van der Waals surface area (Å²) in [5.41, 5.74) is 16.9. The van der Waals surface area contributed by atoms with Crippen LogP contribution in [0.15, 0.2) is 67.1 Å². The maximum atomic E-state index is 6.21. The van der Waals surface area contributed by atoms with Gasteiger partial charge in [0.15, 0.2) is 5.65 Å². The van der Waals surface area contributed by atoms with Crippen molar-refractivity contribution in [1.29, 1.82) is 0 Å². The Morgan fingerprint density at radius 2 is 1.75 bits per heavy atom. The molecule has 28 heavy (non-hydrogen) atoms. The second-order valence-electron chi connectivity index (χ2n) is 6.72. The van der Waals surface area contributed by atoms with Crippen molar-refractivity contribution in [3.8, 4) is 16.8 Å². The standard InChI is InChI=1S/C22H24N6/c23-11-4-12-25-13-16-7-9-18(10-8-16)28-14-19(17-5-2-1-3-6-17)20-21(24)26-15-27-22(20)28/h1-3,5-10,14-15,25H,4,11-13,23H2,(H2,24,26,27). The Balaban J connectivity index is 1.70. The topological polar surface area (TPSA) is 94.8 Å². The van der Waals surface area contributed by atoms with Crippen molar-refractivity contribution in [2.24, 2.45) is 5.73 Å². The fourth-order valence-electron chi connectivity index (χ4n) is 3.35. The van der Waals surface area contributed by atoms with E-state index in [1.165, 1.54) is 11.9 Å². The summed E-state index contributed by atoms with van der Waals surface area (Å²) in [6.07, 6.45) is 4.58. The van der Waals surface area contributed by atoms with Gasteiger partial charge in [0.2, 0.25) is 0 Å². The summed E-state index contributed by atoms with van der Waals surface area (Å²) < 4.78 is 2.07. The number of nitrogens with one attached hydrogen (secondary N) is 1. The van der Waals surface area contributed by atoms with Gasteiger partial charge in [0, 0.05) is 24.0 Å². The number of hydrogen-bond acceptors (Lipinski definition) is 5. The van der Waals surface area contributed by atoms with Gasteiger partial charge < -0.3 is 21.4 Å². The van der Waals surface area contributed by atoms with Gasteiger partial charge in [-0.05, 0) is 42.8 Å². The van der Waals surface area contributed by atoms with Crippen molar-refractivity contribution in [1.82, 2.24) is 19.9 Å². The largest absolute Gasteiger partial charge is 0.383 e. The van der Waals surface area contributed by atoms with E-state index in [1.807, 2.05) is 18.2 Å². The third-order valence-electron chi connectivity index (χ3n) is 4.80. The van der Waals surface area contributed by atoms with E-state index in [2.05, 4.69) is 62.4 Å². The zero-order valence-electron chi connectivity index (χ0n) is 15.7. The number of nitrogen functional groups attached to an aromatic ring is 1. The van der Waals surface area contributed by atoms with Crippen LogP contribution in [0, 0.1) is 0 Å². The van der Waals surface area contributed by atoms with Crippen molar-refractivity contribution in [3.63, 3.8) is 0 Å². The lowest BCUT2D eigenvalue weighted by Gasteiger charge is -2.07. The maximum Gasteiger partial charge on any atom is 0.150 e. The average Bonchev–Trinajstić information content (AvgIpc) is 3.13. The van der Waals surface area contributed by atoms with E-state index >= 15 is 0 Å². The fraction of sp³-hybridized carbons (Fsp3) is 0.182. The van der Waals surface area contributed by atoms with E-state index in [0.717, 1.165) is 47.4 Å². The third-order valence-corrected chi connectivity index (χ3v) is 4.80. The zero-order valence-corrected chi connectivity index (χ0v) is 15.7. The molecule has 0 amide bonds. The molecule has 0 unspecified atom stereocenters. The Labute approximate surface area is 164 Å². The van der Waals surface area contributed by atoms with Crippen LogP contribution in [-0.4, -0.2) is 27.6 Å². The van der Waals surface area contributed by atoms with Gasteiger partial charge in [-0.25, -0.2) is 9.97 Å². The molecule has 0 aliphatic heterocycles. The summed E-state index contributed by atoms with van der Waals surface area (Å²) in [7, 11) is 0. The summed E-state index contributed by atoms with van der Waals surface area (Å²) in [5.74, 6) is 0.489. The summed E-state index contributed by atoms with van der Waals surface area (Å²) in [6.45, 7) is 2.47. The molecule has 0 saturated heterocycles. The molecule has 0 fully saturated rings. The number of hydrogen-bond donors (Lipinski definition) is 3. The molecule has 0 bridgehead atoms. The average molecular weight is 372 g/mol. The second-order valence-corrected chi connectivity index (χ2v) is 6.72. The molecular formula is C22H24N6. The first-order valence-electron chi connectivity index (χ1n) is 9.45. The number of aromatic nitrogens is 3. The lowest BCUT2D eigenvalue weighted by molar-refractivity contribution is 0.655. The molecule has 0 saturated carbocycles. The van der Waals surface area contributed by atoms with Crippen molar-refractivity contribution in [2.45, 2.75) is 13.0 Å². The molecule has 0 spiro atoms. The smallest absolute Gasteiger partial charge is 0.150 e. The van der Waals surface area contributed by atoms with Crippen LogP contribution in [0.4, 0.5) is 5.82 Å². The van der Waals surface area contributed by atoms with E-state index in [4.69, 9.17) is 11.5 Å². The monoisotopic (exact) mass is 372 g/mol. The normalized spacial score (nSPS) is 11.2. The van der Waals surface area contributed by atoms with Crippen LogP contribution in [0.3, 0.4) is 0 Å². The van der Waals surface area contributed by atoms with Crippen molar-refractivity contribution >= 4 is 16.9 Å². The minimum atomic E-state index is 0.489. The molecular weight excluding hydrogens is 348 g/mol. The minimum Gasteiger partial charge on any atom is -0.383 e. The highest BCUT2D eigenvalue weighted by Crippen LogP contribution is 2.34. The maximum absolute atomic E-state index is 6.21. The Morgan fingerprint density at radius 1 is 0.964 bits per heavy atom. The van der Waals surface area contributed by atoms with Crippen molar-refractivity contribution in [3.05, 3.63) is 72.7 Å². The van der Waals surface area contributed by atoms with Gasteiger partial charge in [-0.15, -0.1) is 0 Å². The number of benzene rings is 2. The van der Waals surface area contributed by atoms with Gasteiger partial charge in [-0.1, -0.05) is 42.5 Å². The Kier molecular flexibility index (Phi) is 5.32. The van der Waals surface area contributed by atoms with Gasteiger partial charge in [0.1, 0.15) is 12.1 Å². The van der Waals surface area contributed by atoms with E-state index in [0.29, 0.717) is 12.4 Å². The van der Waals surface area contributed by atoms with Gasteiger partial charge in [0.05, 0.1) is 5.39 Å². The highest BCUT2D eigenvalue weighted by molar-refractivity contribution is 6.01. The molecule has 2 heterocycles. The van der Waals surface area contributed by atoms with E-state index < -0.39 is 0 Å². The Hall–Kier alpha value is -3.22. The Morgan fingerprint density at radius 3 is 2.50 bits per heavy atom. The van der Waals surface area contributed by atoms with Crippen LogP contribution >= 0.6 is 0 Å². The first-order chi connectivity index (χ1) is 13.8. The summed E-state index contributed by atoms with van der Waals surface area (Å²) in [4.78, 5) is 8.70. The summed E-state index contributed by atoms with van der Waals surface area (Å²) in [6, 6.07) is 18.6. The van der Waals surface area contributed by atoms with E-state index in [1.54, 1.807) is 0 Å². The number of anilines is 1. The van der Waals surface area contributed by atoms with Crippen LogP contribution in [0.1, 0.15) is 12.0 Å². The first-order valence-corrected chi connectivity index (χ1v) is 9.45. The first kappa shape index (κ1) is 18.2. The molecule has 142 valence electrons. The minimum absolute atomic E-state index is 0.489. The fourth-order valence-corrected chi connectivity index (χ4v) is 3.35. The molecule has 0 aliphatic carbocycles. The molecule has 0 radical (unpaired) electrons. The van der Waals surface area contributed by atoms with Crippen LogP contribution in [0.25, 0.3) is 27.8 Å². The van der Waals surface area contributed by atoms with E-state index in [9.17, 15) is 0 Å². The zero-order chi connectivity index (χ0) is 19.3. The summed E-state index contributed by atoms with van der Waals surface area (Å²) in [5, 5.41) is 4.28. The third kappa shape index (κ3) is 3.60. The number of rotatable bonds is 7. The Bertz CT molecular complexity index is 1050. The van der Waals surface area contributed by atoms with Gasteiger partial charge in [0.25, 0.3) is 0 Å². The van der Waals surface area contributed by atoms with Crippen molar-refractivity contribution in [2.75, 3.05) is 18.8 Å². The highest BCUT2D eigenvalue weighted by atomic mass is 15.1. The van der Waals surface area contributed by atoms with Crippen molar-refractivity contribution < 1.29 is 0 Å². The SMILES string of the molecule is NCCCNCc1ccc(-n2cc(-c3ccccc3)c3c(N)ncnc32)cc1. The van der Waals surface area contributed by atoms with Crippen LogP contribution in [0.2, 0.25) is 0 Å². The molecule has 2 aromatic carbocycles. The molecule has 0 atom stereocenters.